The summed E-state index contributed by atoms with van der Waals surface area (Å²) in [5.74, 6) is 0. The zero-order valence-electron chi connectivity index (χ0n) is 12.6. The Balaban J connectivity index is 2.01. The third kappa shape index (κ3) is 4.04. The van der Waals surface area contributed by atoms with E-state index in [1.54, 1.807) is 0 Å². The third-order valence-corrected chi connectivity index (χ3v) is 3.57. The molecule has 1 unspecified atom stereocenters. The minimum absolute atomic E-state index is 0.438. The Hall–Kier alpha value is -1.42. The fourth-order valence-electron chi connectivity index (χ4n) is 2.28. The molecule has 0 saturated carbocycles. The second-order valence-corrected chi connectivity index (χ2v) is 5.69. The molecular formula is C17H24N2O. The van der Waals surface area contributed by atoms with Gasteiger partial charge >= 0.3 is 0 Å². The monoisotopic (exact) mass is 272 g/mol. The molecule has 1 N–H and O–H groups in total. The van der Waals surface area contributed by atoms with Crippen LogP contribution in [0.4, 0.5) is 0 Å². The van der Waals surface area contributed by atoms with Crippen LogP contribution in [0.3, 0.4) is 0 Å². The summed E-state index contributed by atoms with van der Waals surface area (Å²) in [6.07, 6.45) is -0.438. The van der Waals surface area contributed by atoms with Gasteiger partial charge in [0.25, 0.3) is 0 Å². The van der Waals surface area contributed by atoms with Gasteiger partial charge in [0.15, 0.2) is 0 Å². The van der Waals surface area contributed by atoms with Gasteiger partial charge in [-0.1, -0.05) is 36.4 Å². The Morgan fingerprint density at radius 1 is 0.950 bits per heavy atom. The maximum atomic E-state index is 10.4. The maximum absolute atomic E-state index is 10.4. The molecule has 0 heterocycles. The highest BCUT2D eigenvalue weighted by Gasteiger charge is 2.11. The normalized spacial score (nSPS) is 13.3. The van der Waals surface area contributed by atoms with Crippen LogP contribution in [0, 0.1) is 0 Å². The Bertz CT molecular complexity index is 553. The van der Waals surface area contributed by atoms with Crippen molar-refractivity contribution in [2.75, 3.05) is 40.8 Å². The highest BCUT2D eigenvalue weighted by molar-refractivity contribution is 5.83. The first-order chi connectivity index (χ1) is 9.56. The molecule has 0 amide bonds. The van der Waals surface area contributed by atoms with Crippen molar-refractivity contribution in [3.63, 3.8) is 0 Å². The lowest BCUT2D eigenvalue weighted by molar-refractivity contribution is 0.123. The van der Waals surface area contributed by atoms with Crippen LogP contribution in [-0.4, -0.2) is 55.7 Å². The lowest BCUT2D eigenvalue weighted by Gasteiger charge is -2.22. The van der Waals surface area contributed by atoms with Gasteiger partial charge in [-0.3, -0.25) is 0 Å². The smallest absolute Gasteiger partial charge is 0.0917 e. The molecule has 0 spiro atoms. The van der Waals surface area contributed by atoms with E-state index in [-0.39, 0.29) is 0 Å². The van der Waals surface area contributed by atoms with E-state index in [1.807, 2.05) is 25.2 Å². The number of hydrogen-bond acceptors (Lipinski definition) is 3. The maximum Gasteiger partial charge on any atom is 0.0917 e. The van der Waals surface area contributed by atoms with Crippen LogP contribution in [0.2, 0.25) is 0 Å². The number of aliphatic hydroxyl groups is 1. The molecule has 0 aromatic heterocycles. The fourth-order valence-corrected chi connectivity index (χ4v) is 2.28. The molecule has 3 nitrogen and oxygen atoms in total. The van der Waals surface area contributed by atoms with Crippen LogP contribution < -0.4 is 0 Å². The van der Waals surface area contributed by atoms with Crippen LogP contribution in [0.15, 0.2) is 42.5 Å². The zero-order valence-corrected chi connectivity index (χ0v) is 12.6. The third-order valence-electron chi connectivity index (χ3n) is 3.57. The number of benzene rings is 2. The predicted molar refractivity (Wildman–Crippen MR) is 85.0 cm³/mol. The first-order valence-electron chi connectivity index (χ1n) is 7.06. The summed E-state index contributed by atoms with van der Waals surface area (Å²) in [5, 5.41) is 12.8. The highest BCUT2D eigenvalue weighted by atomic mass is 16.3. The molecule has 2 aromatic carbocycles. The van der Waals surface area contributed by atoms with E-state index in [2.05, 4.69) is 48.2 Å². The average molecular weight is 272 g/mol. The largest absolute Gasteiger partial charge is 0.387 e. The summed E-state index contributed by atoms with van der Waals surface area (Å²) in [6.45, 7) is 2.62. The quantitative estimate of drug-likeness (QED) is 0.874. The lowest BCUT2D eigenvalue weighted by Crippen LogP contribution is -2.31. The zero-order chi connectivity index (χ0) is 14.5. The van der Waals surface area contributed by atoms with Crippen molar-refractivity contribution in [1.29, 1.82) is 0 Å². The molecule has 2 rings (SSSR count). The first kappa shape index (κ1) is 15.0. The van der Waals surface area contributed by atoms with E-state index < -0.39 is 6.10 Å². The van der Waals surface area contributed by atoms with Crippen LogP contribution in [0.1, 0.15) is 11.7 Å². The fraction of sp³-hybridized carbons (Fsp3) is 0.412. The van der Waals surface area contributed by atoms with Gasteiger partial charge in [-0.25, -0.2) is 0 Å². The first-order valence-corrected chi connectivity index (χ1v) is 7.06. The molecule has 3 heteroatoms. The Kier molecular flexibility index (Phi) is 5.12. The molecule has 0 fully saturated rings. The van der Waals surface area contributed by atoms with Crippen molar-refractivity contribution >= 4 is 10.8 Å². The van der Waals surface area contributed by atoms with E-state index >= 15 is 0 Å². The molecule has 0 bridgehead atoms. The SMILES string of the molecule is CN(C)CCN(C)CC(O)c1ccc2ccccc2c1. The molecule has 0 aliphatic carbocycles. The number of likely N-dealkylation sites (N-methyl/N-ethyl adjacent to an activating group) is 2. The van der Waals surface area contributed by atoms with E-state index in [4.69, 9.17) is 0 Å². The second kappa shape index (κ2) is 6.84. The van der Waals surface area contributed by atoms with E-state index in [9.17, 15) is 5.11 Å². The average Bonchev–Trinajstić information content (AvgIpc) is 2.44. The summed E-state index contributed by atoms with van der Waals surface area (Å²) in [4.78, 5) is 4.32. The molecule has 0 aliphatic heterocycles. The van der Waals surface area contributed by atoms with Crippen molar-refractivity contribution in [3.05, 3.63) is 48.0 Å². The van der Waals surface area contributed by atoms with Gasteiger partial charge < -0.3 is 14.9 Å². The molecule has 20 heavy (non-hydrogen) atoms. The van der Waals surface area contributed by atoms with Gasteiger partial charge in [0.05, 0.1) is 6.10 Å². The van der Waals surface area contributed by atoms with E-state index in [1.165, 1.54) is 10.8 Å². The molecule has 0 saturated heterocycles. The minimum atomic E-state index is -0.438. The van der Waals surface area contributed by atoms with Crippen LogP contribution in [-0.2, 0) is 0 Å². The van der Waals surface area contributed by atoms with E-state index in [0.717, 1.165) is 18.7 Å². The topological polar surface area (TPSA) is 26.7 Å². The minimum Gasteiger partial charge on any atom is -0.387 e. The van der Waals surface area contributed by atoms with Crippen LogP contribution in [0.25, 0.3) is 10.8 Å². The van der Waals surface area contributed by atoms with Gasteiger partial charge in [-0.05, 0) is 43.5 Å². The summed E-state index contributed by atoms with van der Waals surface area (Å²) in [6, 6.07) is 14.4. The lowest BCUT2D eigenvalue weighted by atomic mass is 10.0. The summed E-state index contributed by atoms with van der Waals surface area (Å²) in [5.41, 5.74) is 0.986. The van der Waals surface area contributed by atoms with Crippen molar-refractivity contribution in [1.82, 2.24) is 9.80 Å². The van der Waals surface area contributed by atoms with Crippen molar-refractivity contribution in [3.8, 4) is 0 Å². The summed E-state index contributed by atoms with van der Waals surface area (Å²) < 4.78 is 0. The Morgan fingerprint density at radius 3 is 2.35 bits per heavy atom. The van der Waals surface area contributed by atoms with Gasteiger partial charge in [0.2, 0.25) is 0 Å². The number of nitrogens with zero attached hydrogens (tertiary/aromatic N) is 2. The number of aliphatic hydroxyl groups excluding tert-OH is 1. The van der Waals surface area contributed by atoms with Crippen molar-refractivity contribution < 1.29 is 5.11 Å². The Morgan fingerprint density at radius 2 is 1.65 bits per heavy atom. The number of hydrogen-bond donors (Lipinski definition) is 1. The molecule has 0 aliphatic rings. The standard InChI is InChI=1S/C17H24N2O/c1-18(2)10-11-19(3)13-17(20)16-9-8-14-6-4-5-7-15(14)12-16/h4-9,12,17,20H,10-11,13H2,1-3H3. The Labute approximate surface area is 121 Å². The van der Waals surface area contributed by atoms with Crippen LogP contribution >= 0.6 is 0 Å². The van der Waals surface area contributed by atoms with Crippen LogP contribution in [0.5, 0.6) is 0 Å². The van der Waals surface area contributed by atoms with Gasteiger partial charge in [-0.2, -0.15) is 0 Å². The summed E-state index contributed by atoms with van der Waals surface area (Å²) >= 11 is 0. The number of rotatable bonds is 6. The predicted octanol–water partition coefficient (Wildman–Crippen LogP) is 2.37. The molecular weight excluding hydrogens is 248 g/mol. The van der Waals surface area contributed by atoms with Crippen molar-refractivity contribution in [2.24, 2.45) is 0 Å². The summed E-state index contributed by atoms with van der Waals surface area (Å²) in [7, 11) is 6.18. The van der Waals surface area contributed by atoms with Gasteiger partial charge in [0, 0.05) is 19.6 Å². The van der Waals surface area contributed by atoms with E-state index in [0.29, 0.717) is 6.54 Å². The van der Waals surface area contributed by atoms with Gasteiger partial charge in [0.1, 0.15) is 0 Å². The molecule has 108 valence electrons. The molecule has 2 aromatic rings. The molecule has 0 radical (unpaired) electrons. The van der Waals surface area contributed by atoms with Gasteiger partial charge in [-0.15, -0.1) is 0 Å². The second-order valence-electron chi connectivity index (χ2n) is 5.69. The van der Waals surface area contributed by atoms with Crippen molar-refractivity contribution in [2.45, 2.75) is 6.10 Å². The number of fused-ring (bicyclic) bond motifs is 1. The molecule has 1 atom stereocenters. The highest BCUT2D eigenvalue weighted by Crippen LogP contribution is 2.20.